The van der Waals surface area contributed by atoms with Crippen LogP contribution in [0.4, 0.5) is 0 Å². The van der Waals surface area contributed by atoms with Crippen molar-refractivity contribution in [3.05, 3.63) is 56.2 Å². The zero-order chi connectivity index (χ0) is 17.5. The van der Waals surface area contributed by atoms with Gasteiger partial charge in [-0.1, -0.05) is 35.3 Å². The summed E-state index contributed by atoms with van der Waals surface area (Å²) < 4.78 is 4.83. The molecule has 0 unspecified atom stereocenters. The first-order chi connectivity index (χ1) is 11.5. The van der Waals surface area contributed by atoms with Crippen molar-refractivity contribution in [1.82, 2.24) is 10.9 Å². The minimum atomic E-state index is -0.651. The Hall–Kier alpha value is -2.09. The van der Waals surface area contributed by atoms with Gasteiger partial charge in [0.25, 0.3) is 11.8 Å². The highest BCUT2D eigenvalue weighted by Gasteiger charge is 2.11. The van der Waals surface area contributed by atoms with Crippen LogP contribution >= 0.6 is 34.5 Å². The van der Waals surface area contributed by atoms with Crippen LogP contribution in [0.2, 0.25) is 10.0 Å². The van der Waals surface area contributed by atoms with Crippen molar-refractivity contribution in [1.29, 1.82) is 0 Å². The molecule has 0 saturated carbocycles. The van der Waals surface area contributed by atoms with E-state index < -0.39 is 24.4 Å². The Morgan fingerprint density at radius 1 is 1.08 bits per heavy atom. The van der Waals surface area contributed by atoms with Crippen molar-refractivity contribution in [2.75, 3.05) is 6.61 Å². The van der Waals surface area contributed by atoms with E-state index in [9.17, 15) is 14.4 Å². The van der Waals surface area contributed by atoms with Gasteiger partial charge in [-0.3, -0.25) is 25.2 Å². The molecule has 9 heteroatoms. The molecule has 24 heavy (non-hydrogen) atoms. The number of thiophene rings is 1. The first-order valence-electron chi connectivity index (χ1n) is 6.68. The fourth-order valence-corrected chi connectivity index (χ4v) is 2.58. The predicted octanol–water partition coefficient (Wildman–Crippen LogP) is 2.60. The second-order valence-corrected chi connectivity index (χ2v) is 6.33. The molecule has 0 fully saturated rings. The number of benzene rings is 1. The number of carbonyl (C=O) groups is 3. The number of hydrogen-bond donors (Lipinski definition) is 2. The largest absolute Gasteiger partial charge is 0.455 e. The first-order valence-corrected chi connectivity index (χ1v) is 8.31. The lowest BCUT2D eigenvalue weighted by Gasteiger charge is -2.07. The molecule has 2 N–H and O–H groups in total. The zero-order valence-electron chi connectivity index (χ0n) is 12.2. The number of hydrazine groups is 1. The molecule has 1 aromatic carbocycles. The van der Waals surface area contributed by atoms with Crippen molar-refractivity contribution < 1.29 is 19.1 Å². The molecule has 0 aliphatic carbocycles. The van der Waals surface area contributed by atoms with Gasteiger partial charge in [0.1, 0.15) is 0 Å². The van der Waals surface area contributed by atoms with Crippen LogP contribution in [0.1, 0.15) is 15.2 Å². The first kappa shape index (κ1) is 18.3. The topological polar surface area (TPSA) is 84.5 Å². The molecule has 0 spiro atoms. The molecule has 2 aromatic rings. The van der Waals surface area contributed by atoms with Crippen molar-refractivity contribution in [3.8, 4) is 0 Å². The lowest BCUT2D eigenvalue weighted by molar-refractivity contribution is -0.148. The van der Waals surface area contributed by atoms with Gasteiger partial charge in [0, 0.05) is 0 Å². The molecule has 0 aliphatic rings. The molecular formula is C15H12Cl2N2O4S. The number of hydrogen-bond acceptors (Lipinski definition) is 5. The standard InChI is InChI=1S/C15H12Cl2N2O4S/c16-10-4-3-9(6-11(10)17)7-14(21)23-8-13(20)18-19-15(22)12-2-1-5-24-12/h1-6H,7-8H2,(H,18,20)(H,19,22). The number of carbonyl (C=O) groups excluding carboxylic acids is 3. The van der Waals surface area contributed by atoms with Gasteiger partial charge in [-0.15, -0.1) is 11.3 Å². The van der Waals surface area contributed by atoms with Gasteiger partial charge >= 0.3 is 5.97 Å². The average Bonchev–Trinajstić information content (AvgIpc) is 3.08. The molecule has 0 radical (unpaired) electrons. The highest BCUT2D eigenvalue weighted by atomic mass is 35.5. The lowest BCUT2D eigenvalue weighted by atomic mass is 10.1. The second kappa shape index (κ2) is 8.68. The molecule has 0 aliphatic heterocycles. The van der Waals surface area contributed by atoms with Crippen LogP contribution in [0.15, 0.2) is 35.7 Å². The van der Waals surface area contributed by atoms with Crippen LogP contribution in [0.25, 0.3) is 0 Å². The molecule has 2 amide bonds. The van der Waals surface area contributed by atoms with E-state index in [0.717, 1.165) is 0 Å². The van der Waals surface area contributed by atoms with E-state index in [0.29, 0.717) is 20.5 Å². The smallest absolute Gasteiger partial charge is 0.310 e. The third-order valence-electron chi connectivity index (χ3n) is 2.76. The Labute approximate surface area is 151 Å². The Balaban J connectivity index is 1.72. The number of halogens is 2. The van der Waals surface area contributed by atoms with Gasteiger partial charge in [0.05, 0.1) is 21.3 Å². The maximum absolute atomic E-state index is 11.7. The monoisotopic (exact) mass is 386 g/mol. The van der Waals surface area contributed by atoms with Crippen LogP contribution in [-0.2, 0) is 20.7 Å². The fraction of sp³-hybridized carbons (Fsp3) is 0.133. The summed E-state index contributed by atoms with van der Waals surface area (Å²) in [7, 11) is 0. The summed E-state index contributed by atoms with van der Waals surface area (Å²) in [6.07, 6.45) is -0.0499. The highest BCUT2D eigenvalue weighted by Crippen LogP contribution is 2.22. The summed E-state index contributed by atoms with van der Waals surface area (Å²) in [6, 6.07) is 8.08. The molecule has 1 aromatic heterocycles. The van der Waals surface area contributed by atoms with Crippen LogP contribution in [0, 0.1) is 0 Å². The second-order valence-electron chi connectivity index (χ2n) is 4.57. The van der Waals surface area contributed by atoms with Gasteiger partial charge in [-0.2, -0.15) is 0 Å². The van der Waals surface area contributed by atoms with Crippen LogP contribution in [0.3, 0.4) is 0 Å². The van der Waals surface area contributed by atoms with E-state index in [1.807, 2.05) is 0 Å². The number of esters is 1. The maximum Gasteiger partial charge on any atom is 0.310 e. The van der Waals surface area contributed by atoms with Gasteiger partial charge < -0.3 is 4.74 Å². The Morgan fingerprint density at radius 2 is 1.88 bits per heavy atom. The summed E-state index contributed by atoms with van der Waals surface area (Å²) in [6.45, 7) is -0.509. The Bertz CT molecular complexity index is 750. The van der Waals surface area contributed by atoms with Gasteiger partial charge in [0.15, 0.2) is 6.61 Å². The van der Waals surface area contributed by atoms with E-state index in [4.69, 9.17) is 27.9 Å². The van der Waals surface area contributed by atoms with Gasteiger partial charge in [-0.05, 0) is 29.1 Å². The molecule has 126 valence electrons. The van der Waals surface area contributed by atoms with Crippen molar-refractivity contribution in [2.24, 2.45) is 0 Å². The Morgan fingerprint density at radius 3 is 2.54 bits per heavy atom. The molecule has 1 heterocycles. The van der Waals surface area contributed by atoms with E-state index in [2.05, 4.69) is 10.9 Å². The summed E-state index contributed by atoms with van der Waals surface area (Å²) in [5.74, 6) is -1.70. The minimum absolute atomic E-state index is 0.0499. The fourth-order valence-electron chi connectivity index (χ4n) is 1.65. The molecule has 0 saturated heterocycles. The van der Waals surface area contributed by atoms with Crippen molar-refractivity contribution >= 4 is 52.3 Å². The van der Waals surface area contributed by atoms with E-state index in [-0.39, 0.29) is 6.42 Å². The predicted molar refractivity (Wildman–Crippen MR) is 91.1 cm³/mol. The zero-order valence-corrected chi connectivity index (χ0v) is 14.5. The third kappa shape index (κ3) is 5.52. The summed E-state index contributed by atoms with van der Waals surface area (Å²) in [5, 5.41) is 2.45. The summed E-state index contributed by atoms with van der Waals surface area (Å²) in [5.41, 5.74) is 4.99. The quantitative estimate of drug-likeness (QED) is 0.610. The van der Waals surface area contributed by atoms with E-state index in [1.165, 1.54) is 11.3 Å². The van der Waals surface area contributed by atoms with Gasteiger partial charge in [-0.25, -0.2) is 0 Å². The maximum atomic E-state index is 11.7. The third-order valence-corrected chi connectivity index (χ3v) is 4.36. The number of nitrogens with one attached hydrogen (secondary N) is 2. The van der Waals surface area contributed by atoms with Crippen molar-refractivity contribution in [3.63, 3.8) is 0 Å². The minimum Gasteiger partial charge on any atom is -0.455 e. The number of ether oxygens (including phenoxy) is 1. The summed E-state index contributed by atoms with van der Waals surface area (Å²) in [4.78, 5) is 35.3. The average molecular weight is 387 g/mol. The van der Waals surface area contributed by atoms with Crippen LogP contribution < -0.4 is 10.9 Å². The molecule has 0 bridgehead atoms. The summed E-state index contributed by atoms with van der Waals surface area (Å²) >= 11 is 12.9. The van der Waals surface area contributed by atoms with E-state index >= 15 is 0 Å². The molecular weight excluding hydrogens is 375 g/mol. The molecule has 6 nitrogen and oxygen atoms in total. The highest BCUT2D eigenvalue weighted by molar-refractivity contribution is 7.12. The molecule has 0 atom stereocenters. The molecule has 2 rings (SSSR count). The van der Waals surface area contributed by atoms with Crippen molar-refractivity contribution in [2.45, 2.75) is 6.42 Å². The van der Waals surface area contributed by atoms with Crippen LogP contribution in [-0.4, -0.2) is 24.4 Å². The van der Waals surface area contributed by atoms with Gasteiger partial charge in [0.2, 0.25) is 0 Å². The normalized spacial score (nSPS) is 10.1. The SMILES string of the molecule is O=C(COC(=O)Cc1ccc(Cl)c(Cl)c1)NNC(=O)c1cccs1. The Kier molecular flexibility index (Phi) is 6.60. The van der Waals surface area contributed by atoms with E-state index in [1.54, 1.807) is 35.7 Å². The van der Waals surface area contributed by atoms with Crippen LogP contribution in [0.5, 0.6) is 0 Å². The number of amides is 2. The number of rotatable bonds is 5. The lowest BCUT2D eigenvalue weighted by Crippen LogP contribution is -2.43.